The van der Waals surface area contributed by atoms with Crippen LogP contribution in [0.3, 0.4) is 0 Å². The first kappa shape index (κ1) is 13.7. The number of aromatic nitrogens is 3. The third-order valence-corrected chi connectivity index (χ3v) is 3.53. The third-order valence-electron chi connectivity index (χ3n) is 3.53. The van der Waals surface area contributed by atoms with Crippen molar-refractivity contribution in [2.45, 2.75) is 33.2 Å². The molecule has 0 aliphatic heterocycles. The van der Waals surface area contributed by atoms with E-state index >= 15 is 0 Å². The average Bonchev–Trinajstić information content (AvgIpc) is 2.64. The Morgan fingerprint density at radius 2 is 2.16 bits per heavy atom. The van der Waals surface area contributed by atoms with Gasteiger partial charge in [-0.25, -0.2) is 0 Å². The maximum absolute atomic E-state index is 4.52. The van der Waals surface area contributed by atoms with E-state index in [4.69, 9.17) is 0 Å². The minimum atomic E-state index is 0.294. The van der Waals surface area contributed by atoms with Crippen LogP contribution in [-0.2, 0) is 13.5 Å². The zero-order chi connectivity index (χ0) is 13.8. The molecule has 0 amide bonds. The highest BCUT2D eigenvalue weighted by molar-refractivity contribution is 5.30. The van der Waals surface area contributed by atoms with Crippen molar-refractivity contribution in [3.05, 3.63) is 47.0 Å². The van der Waals surface area contributed by atoms with Gasteiger partial charge in [-0.1, -0.05) is 13.0 Å². The van der Waals surface area contributed by atoms with Gasteiger partial charge < -0.3 is 5.32 Å². The summed E-state index contributed by atoms with van der Waals surface area (Å²) in [6.45, 7) is 7.29. The van der Waals surface area contributed by atoms with Crippen molar-refractivity contribution in [2.75, 3.05) is 6.54 Å². The fourth-order valence-electron chi connectivity index (χ4n) is 2.57. The number of hydrogen-bond acceptors (Lipinski definition) is 3. The molecule has 4 heteroatoms. The number of nitrogens with one attached hydrogen (secondary N) is 1. The second-order valence-electron chi connectivity index (χ2n) is 4.88. The summed E-state index contributed by atoms with van der Waals surface area (Å²) < 4.78 is 1.96. The lowest BCUT2D eigenvalue weighted by atomic mass is 9.98. The van der Waals surface area contributed by atoms with Crippen molar-refractivity contribution in [3.8, 4) is 0 Å². The lowest BCUT2D eigenvalue weighted by molar-refractivity contribution is 0.543. The lowest BCUT2D eigenvalue weighted by Crippen LogP contribution is -2.24. The van der Waals surface area contributed by atoms with Crippen molar-refractivity contribution in [2.24, 2.45) is 7.05 Å². The molecule has 2 heterocycles. The van der Waals surface area contributed by atoms with Crippen molar-refractivity contribution in [1.82, 2.24) is 20.1 Å². The Hall–Kier alpha value is -1.68. The van der Waals surface area contributed by atoms with Crippen molar-refractivity contribution in [1.29, 1.82) is 0 Å². The molecule has 2 rings (SSSR count). The van der Waals surface area contributed by atoms with Gasteiger partial charge in [-0.05, 0) is 38.4 Å². The molecule has 1 atom stereocenters. The summed E-state index contributed by atoms with van der Waals surface area (Å²) in [6, 6.07) is 4.41. The predicted molar refractivity (Wildman–Crippen MR) is 77.0 cm³/mol. The summed E-state index contributed by atoms with van der Waals surface area (Å²) >= 11 is 0. The number of nitrogens with zero attached hydrogens (tertiary/aromatic N) is 3. The highest BCUT2D eigenvalue weighted by Crippen LogP contribution is 2.24. The van der Waals surface area contributed by atoms with E-state index in [9.17, 15) is 0 Å². The Morgan fingerprint density at radius 3 is 2.68 bits per heavy atom. The first-order valence-corrected chi connectivity index (χ1v) is 6.75. The molecule has 0 fully saturated rings. The van der Waals surface area contributed by atoms with Crippen LogP contribution in [0.1, 0.15) is 35.5 Å². The van der Waals surface area contributed by atoms with Gasteiger partial charge in [0, 0.05) is 36.7 Å². The SMILES string of the molecule is CCNC(Cc1cccnc1)c1c(C)nn(C)c1C. The standard InChI is InChI=1S/C15H22N4/c1-5-17-14(9-13-7-6-8-16-10-13)15-11(2)18-19(4)12(15)3/h6-8,10,14,17H,5,9H2,1-4H3. The Labute approximate surface area is 114 Å². The van der Waals surface area contributed by atoms with Gasteiger partial charge in [0.25, 0.3) is 0 Å². The summed E-state index contributed by atoms with van der Waals surface area (Å²) in [5, 5.41) is 8.08. The van der Waals surface area contributed by atoms with Crippen LogP contribution in [0.5, 0.6) is 0 Å². The van der Waals surface area contributed by atoms with Crippen LogP contribution in [0.4, 0.5) is 0 Å². The number of likely N-dealkylation sites (N-methyl/N-ethyl adjacent to an activating group) is 1. The highest BCUT2D eigenvalue weighted by atomic mass is 15.3. The van der Waals surface area contributed by atoms with E-state index in [2.05, 4.69) is 42.2 Å². The Bertz CT molecular complexity index is 531. The van der Waals surface area contributed by atoms with E-state index in [0.717, 1.165) is 18.7 Å². The molecule has 0 saturated carbocycles. The van der Waals surface area contributed by atoms with Gasteiger partial charge in [0.2, 0.25) is 0 Å². The van der Waals surface area contributed by atoms with Gasteiger partial charge in [0.05, 0.1) is 5.69 Å². The predicted octanol–water partition coefficient (Wildman–Crippen LogP) is 2.33. The molecule has 0 aliphatic rings. The molecule has 0 spiro atoms. The van der Waals surface area contributed by atoms with Crippen LogP contribution in [0, 0.1) is 13.8 Å². The van der Waals surface area contributed by atoms with E-state index in [1.807, 2.05) is 30.2 Å². The zero-order valence-electron chi connectivity index (χ0n) is 12.1. The number of hydrogen-bond donors (Lipinski definition) is 1. The van der Waals surface area contributed by atoms with Gasteiger partial charge in [0.1, 0.15) is 0 Å². The topological polar surface area (TPSA) is 42.7 Å². The first-order chi connectivity index (χ1) is 9.13. The van der Waals surface area contributed by atoms with Gasteiger partial charge in [-0.3, -0.25) is 9.67 Å². The van der Waals surface area contributed by atoms with Gasteiger partial charge in [0.15, 0.2) is 0 Å². The number of aryl methyl sites for hydroxylation is 2. The molecule has 2 aromatic rings. The third kappa shape index (κ3) is 3.01. The molecular weight excluding hydrogens is 236 g/mol. The molecule has 1 N–H and O–H groups in total. The van der Waals surface area contributed by atoms with Gasteiger partial charge in [-0.2, -0.15) is 5.10 Å². The Morgan fingerprint density at radius 1 is 1.37 bits per heavy atom. The van der Waals surface area contributed by atoms with Crippen molar-refractivity contribution in [3.63, 3.8) is 0 Å². The molecule has 0 aliphatic carbocycles. The second-order valence-corrected chi connectivity index (χ2v) is 4.88. The largest absolute Gasteiger partial charge is 0.310 e. The molecule has 102 valence electrons. The minimum absolute atomic E-state index is 0.294. The average molecular weight is 258 g/mol. The van der Waals surface area contributed by atoms with E-state index in [-0.39, 0.29) is 0 Å². The van der Waals surface area contributed by atoms with Crippen molar-refractivity contribution < 1.29 is 0 Å². The van der Waals surface area contributed by atoms with E-state index in [1.54, 1.807) is 0 Å². The summed E-state index contributed by atoms with van der Waals surface area (Å²) in [7, 11) is 2.00. The van der Waals surface area contributed by atoms with E-state index < -0.39 is 0 Å². The maximum Gasteiger partial charge on any atom is 0.0644 e. The van der Waals surface area contributed by atoms with Crippen LogP contribution < -0.4 is 5.32 Å². The summed E-state index contributed by atoms with van der Waals surface area (Å²) in [5.74, 6) is 0. The van der Waals surface area contributed by atoms with E-state index in [0.29, 0.717) is 6.04 Å². The van der Waals surface area contributed by atoms with Crippen LogP contribution in [-0.4, -0.2) is 21.3 Å². The number of rotatable bonds is 5. The minimum Gasteiger partial charge on any atom is -0.310 e. The fraction of sp³-hybridized carbons (Fsp3) is 0.467. The lowest BCUT2D eigenvalue weighted by Gasteiger charge is -2.18. The molecule has 0 bridgehead atoms. The van der Waals surface area contributed by atoms with Crippen LogP contribution >= 0.6 is 0 Å². The van der Waals surface area contributed by atoms with Gasteiger partial charge in [-0.15, -0.1) is 0 Å². The first-order valence-electron chi connectivity index (χ1n) is 6.75. The quantitative estimate of drug-likeness (QED) is 0.895. The molecular formula is C15H22N4. The monoisotopic (exact) mass is 258 g/mol. The Balaban J connectivity index is 2.30. The molecule has 19 heavy (non-hydrogen) atoms. The van der Waals surface area contributed by atoms with Crippen LogP contribution in [0.15, 0.2) is 24.5 Å². The van der Waals surface area contributed by atoms with Gasteiger partial charge >= 0.3 is 0 Å². The summed E-state index contributed by atoms with van der Waals surface area (Å²) in [5.41, 5.74) is 4.89. The zero-order valence-corrected chi connectivity index (χ0v) is 12.1. The molecule has 0 aromatic carbocycles. The second kappa shape index (κ2) is 5.97. The normalized spacial score (nSPS) is 12.6. The molecule has 2 aromatic heterocycles. The summed E-state index contributed by atoms with van der Waals surface area (Å²) in [4.78, 5) is 4.19. The molecule has 4 nitrogen and oxygen atoms in total. The summed E-state index contributed by atoms with van der Waals surface area (Å²) in [6.07, 6.45) is 4.69. The fourth-order valence-corrected chi connectivity index (χ4v) is 2.57. The van der Waals surface area contributed by atoms with Crippen molar-refractivity contribution >= 4 is 0 Å². The maximum atomic E-state index is 4.52. The molecule has 0 radical (unpaired) electrons. The smallest absolute Gasteiger partial charge is 0.0644 e. The molecule has 1 unspecified atom stereocenters. The van der Waals surface area contributed by atoms with E-state index in [1.165, 1.54) is 16.8 Å². The number of pyridine rings is 1. The van der Waals surface area contributed by atoms with Crippen LogP contribution in [0.25, 0.3) is 0 Å². The highest BCUT2D eigenvalue weighted by Gasteiger charge is 2.19. The Kier molecular flexibility index (Phi) is 4.32. The molecule has 0 saturated heterocycles. The van der Waals surface area contributed by atoms with Crippen LogP contribution in [0.2, 0.25) is 0 Å².